The highest BCUT2D eigenvalue weighted by molar-refractivity contribution is 7.89. The predicted molar refractivity (Wildman–Crippen MR) is 112 cm³/mol. The molecule has 0 amide bonds. The number of hydrogen-bond donors (Lipinski definition) is 1. The Morgan fingerprint density at radius 2 is 1.90 bits per heavy atom. The molecule has 8 nitrogen and oxygen atoms in total. The van der Waals surface area contributed by atoms with Crippen LogP contribution in [0.25, 0.3) is 0 Å². The number of anilines is 1. The first-order valence-electron chi connectivity index (χ1n) is 10.1. The highest BCUT2D eigenvalue weighted by atomic mass is 32.2. The van der Waals surface area contributed by atoms with Crippen LogP contribution >= 0.6 is 0 Å². The molecule has 9 heteroatoms. The van der Waals surface area contributed by atoms with Gasteiger partial charge in [-0.3, -0.25) is 4.90 Å². The number of likely N-dealkylation sites (tertiary alicyclic amines) is 1. The number of nitrogens with one attached hydrogen (secondary N) is 1. The lowest BCUT2D eigenvalue weighted by Crippen LogP contribution is -2.37. The molecule has 1 atom stereocenters. The van der Waals surface area contributed by atoms with Gasteiger partial charge in [-0.2, -0.15) is 5.26 Å². The molecule has 0 radical (unpaired) electrons. The van der Waals surface area contributed by atoms with Crippen molar-refractivity contribution < 1.29 is 13.2 Å². The molecule has 2 saturated heterocycles. The van der Waals surface area contributed by atoms with Crippen LogP contribution < -0.4 is 9.62 Å². The average Bonchev–Trinajstić information content (AvgIpc) is 3.21. The van der Waals surface area contributed by atoms with Gasteiger partial charge in [0.05, 0.1) is 24.8 Å². The van der Waals surface area contributed by atoms with Gasteiger partial charge >= 0.3 is 0 Å². The summed E-state index contributed by atoms with van der Waals surface area (Å²) < 4.78 is 33.7. The summed E-state index contributed by atoms with van der Waals surface area (Å²) >= 11 is 0. The van der Waals surface area contributed by atoms with Crippen molar-refractivity contribution in [2.24, 2.45) is 0 Å². The van der Waals surface area contributed by atoms with E-state index in [4.69, 9.17) is 10.00 Å². The van der Waals surface area contributed by atoms with Crippen LogP contribution in [-0.4, -0.2) is 63.7 Å². The van der Waals surface area contributed by atoms with E-state index in [9.17, 15) is 8.42 Å². The normalized spacial score (nSPS) is 20.2. The number of morpholine rings is 1. The molecule has 1 N–H and O–H groups in total. The minimum absolute atomic E-state index is 0.132. The Labute approximate surface area is 177 Å². The van der Waals surface area contributed by atoms with Gasteiger partial charge in [-0.25, -0.2) is 18.1 Å². The van der Waals surface area contributed by atoms with E-state index in [0.717, 1.165) is 44.0 Å². The van der Waals surface area contributed by atoms with Crippen LogP contribution in [0.1, 0.15) is 17.5 Å². The van der Waals surface area contributed by atoms with Crippen molar-refractivity contribution in [2.45, 2.75) is 23.9 Å². The largest absolute Gasteiger partial charge is 0.378 e. The van der Waals surface area contributed by atoms with Crippen LogP contribution in [0.4, 0.5) is 5.82 Å². The fourth-order valence-electron chi connectivity index (χ4n) is 3.81. The predicted octanol–water partition coefficient (Wildman–Crippen LogP) is 1.34. The maximum atomic E-state index is 12.8. The van der Waals surface area contributed by atoms with Gasteiger partial charge in [-0.1, -0.05) is 12.1 Å². The lowest BCUT2D eigenvalue weighted by Gasteiger charge is -2.27. The Morgan fingerprint density at radius 1 is 1.13 bits per heavy atom. The van der Waals surface area contributed by atoms with Crippen molar-refractivity contribution in [1.29, 1.82) is 5.26 Å². The molecule has 0 bridgehead atoms. The van der Waals surface area contributed by atoms with E-state index in [1.807, 2.05) is 12.1 Å². The Balaban J connectivity index is 1.33. The van der Waals surface area contributed by atoms with Crippen molar-refractivity contribution in [1.82, 2.24) is 14.6 Å². The van der Waals surface area contributed by atoms with Crippen LogP contribution in [0.5, 0.6) is 0 Å². The number of benzene rings is 1. The minimum atomic E-state index is -3.61. The van der Waals surface area contributed by atoms with Gasteiger partial charge in [0.25, 0.3) is 0 Å². The molecular formula is C21H25N5O3S. The Bertz CT molecular complexity index is 996. The quantitative estimate of drug-likeness (QED) is 0.743. The molecule has 158 valence electrons. The highest BCUT2D eigenvalue weighted by Gasteiger charge is 2.27. The van der Waals surface area contributed by atoms with E-state index < -0.39 is 10.0 Å². The van der Waals surface area contributed by atoms with Gasteiger partial charge in [-0.15, -0.1) is 0 Å². The molecular weight excluding hydrogens is 402 g/mol. The van der Waals surface area contributed by atoms with Crippen molar-refractivity contribution in [2.75, 3.05) is 44.3 Å². The van der Waals surface area contributed by atoms with E-state index in [2.05, 4.69) is 25.6 Å². The molecule has 2 aliphatic heterocycles. The van der Waals surface area contributed by atoms with E-state index in [1.54, 1.807) is 24.3 Å². The van der Waals surface area contributed by atoms with Crippen LogP contribution in [0, 0.1) is 11.3 Å². The second-order valence-electron chi connectivity index (χ2n) is 7.60. The fourth-order valence-corrected chi connectivity index (χ4v) is 5.02. The molecule has 1 aromatic carbocycles. The van der Waals surface area contributed by atoms with Crippen molar-refractivity contribution >= 4 is 15.8 Å². The summed E-state index contributed by atoms with van der Waals surface area (Å²) in [6.45, 7) is 5.04. The van der Waals surface area contributed by atoms with Crippen molar-refractivity contribution in [3.05, 3.63) is 53.7 Å². The third-order valence-electron chi connectivity index (χ3n) is 5.45. The lowest BCUT2D eigenvalue weighted by molar-refractivity contribution is 0.122. The summed E-state index contributed by atoms with van der Waals surface area (Å²) in [5.41, 5.74) is 1.75. The smallest absolute Gasteiger partial charge is 0.242 e. The van der Waals surface area contributed by atoms with E-state index in [1.165, 1.54) is 6.20 Å². The maximum absolute atomic E-state index is 12.8. The third kappa shape index (κ3) is 4.96. The number of rotatable bonds is 6. The number of nitriles is 1. The monoisotopic (exact) mass is 427 g/mol. The maximum Gasteiger partial charge on any atom is 0.242 e. The fraction of sp³-hybridized carbons (Fsp3) is 0.429. The number of ether oxygens (including phenoxy) is 1. The molecule has 2 aliphatic rings. The molecule has 30 heavy (non-hydrogen) atoms. The molecule has 2 aromatic rings. The molecule has 3 heterocycles. The zero-order chi connectivity index (χ0) is 21.0. The molecule has 2 fully saturated rings. The molecule has 0 unspecified atom stereocenters. The summed E-state index contributed by atoms with van der Waals surface area (Å²) in [6, 6.07) is 12.8. The molecule has 4 rings (SSSR count). The standard InChI is InChI=1S/C21H25N5O3S/c22-13-17-1-3-18(4-2-17)15-25-8-7-19(16-25)24-30(27,28)20-5-6-21(23-14-20)26-9-11-29-12-10-26/h1-6,14,19,24H,7-12,15-16H2/t19-/m0/s1. The van der Waals surface area contributed by atoms with Gasteiger partial charge in [0.15, 0.2) is 0 Å². The number of pyridine rings is 1. The average molecular weight is 428 g/mol. The molecule has 0 saturated carbocycles. The Hall–Kier alpha value is -2.51. The highest BCUT2D eigenvalue weighted by Crippen LogP contribution is 2.19. The first-order valence-corrected chi connectivity index (χ1v) is 11.5. The minimum Gasteiger partial charge on any atom is -0.378 e. The second kappa shape index (κ2) is 9.10. The van der Waals surface area contributed by atoms with Crippen molar-refractivity contribution in [3.8, 4) is 6.07 Å². The summed E-state index contributed by atoms with van der Waals surface area (Å²) in [5.74, 6) is 0.770. The summed E-state index contributed by atoms with van der Waals surface area (Å²) in [5, 5.41) is 8.89. The second-order valence-corrected chi connectivity index (χ2v) is 9.32. The summed E-state index contributed by atoms with van der Waals surface area (Å²) in [4.78, 5) is 8.84. The van der Waals surface area contributed by atoms with Crippen LogP contribution in [-0.2, 0) is 21.3 Å². The first-order chi connectivity index (χ1) is 14.5. The number of nitrogens with zero attached hydrogens (tertiary/aromatic N) is 4. The van der Waals surface area contributed by atoms with Gasteiger partial charge in [0.1, 0.15) is 10.7 Å². The number of hydrogen-bond acceptors (Lipinski definition) is 7. The van der Waals surface area contributed by atoms with E-state index in [-0.39, 0.29) is 10.9 Å². The van der Waals surface area contributed by atoms with E-state index >= 15 is 0 Å². The molecule has 0 aliphatic carbocycles. The lowest BCUT2D eigenvalue weighted by atomic mass is 10.1. The van der Waals surface area contributed by atoms with Crippen LogP contribution in [0.2, 0.25) is 0 Å². The van der Waals surface area contributed by atoms with Gasteiger partial charge in [0.2, 0.25) is 10.0 Å². The summed E-state index contributed by atoms with van der Waals surface area (Å²) in [6.07, 6.45) is 2.19. The van der Waals surface area contributed by atoms with Crippen molar-refractivity contribution in [3.63, 3.8) is 0 Å². The summed E-state index contributed by atoms with van der Waals surface area (Å²) in [7, 11) is -3.61. The van der Waals surface area contributed by atoms with Gasteiger partial charge < -0.3 is 9.64 Å². The van der Waals surface area contributed by atoms with Crippen LogP contribution in [0.3, 0.4) is 0 Å². The van der Waals surface area contributed by atoms with E-state index in [0.29, 0.717) is 25.3 Å². The van der Waals surface area contributed by atoms with Gasteiger partial charge in [0, 0.05) is 45.0 Å². The number of aromatic nitrogens is 1. The third-order valence-corrected chi connectivity index (χ3v) is 6.96. The molecule has 1 aromatic heterocycles. The molecule has 0 spiro atoms. The number of sulfonamides is 1. The van der Waals surface area contributed by atoms with Crippen LogP contribution in [0.15, 0.2) is 47.5 Å². The zero-order valence-corrected chi connectivity index (χ0v) is 17.5. The topological polar surface area (TPSA) is 98.6 Å². The van der Waals surface area contributed by atoms with Gasteiger partial charge in [-0.05, 0) is 36.2 Å². The SMILES string of the molecule is N#Cc1ccc(CN2CC[C@H](NS(=O)(=O)c3ccc(N4CCOCC4)nc3)C2)cc1. The first kappa shape index (κ1) is 20.8. The Kier molecular flexibility index (Phi) is 6.29. The zero-order valence-electron chi connectivity index (χ0n) is 16.7. The Morgan fingerprint density at radius 3 is 2.57 bits per heavy atom.